The maximum Gasteiger partial charge on any atom is 0.194 e. The molecule has 0 radical (unpaired) electrons. The third-order valence-electron chi connectivity index (χ3n) is 2.92. The molecular weight excluding hydrogens is 279 g/mol. The lowest BCUT2D eigenvalue weighted by molar-refractivity contribution is 0.103. The van der Waals surface area contributed by atoms with Gasteiger partial charge in [0.1, 0.15) is 11.6 Å². The summed E-state index contributed by atoms with van der Waals surface area (Å²) in [5.74, 6) is 0.0461. The zero-order valence-corrected chi connectivity index (χ0v) is 12.0. The molecule has 0 N–H and O–H groups in total. The Kier molecular flexibility index (Phi) is 4.40. The minimum Gasteiger partial charge on any atom is -0.494 e. The fraction of sp³-hybridized carbons (Fsp3) is 0.188. The van der Waals surface area contributed by atoms with Crippen molar-refractivity contribution >= 4 is 17.4 Å². The van der Waals surface area contributed by atoms with Crippen molar-refractivity contribution in [3.63, 3.8) is 0 Å². The molecule has 2 rings (SSSR count). The Morgan fingerprint density at radius 1 is 1.25 bits per heavy atom. The van der Waals surface area contributed by atoms with Crippen LogP contribution >= 0.6 is 11.6 Å². The first-order chi connectivity index (χ1) is 9.52. The Morgan fingerprint density at radius 3 is 2.50 bits per heavy atom. The molecule has 0 heterocycles. The van der Waals surface area contributed by atoms with Crippen molar-refractivity contribution in [2.45, 2.75) is 13.8 Å². The van der Waals surface area contributed by atoms with Crippen LogP contribution in [0.4, 0.5) is 4.39 Å². The fourth-order valence-corrected chi connectivity index (χ4v) is 2.09. The van der Waals surface area contributed by atoms with Crippen molar-refractivity contribution in [2.24, 2.45) is 0 Å². The molecule has 4 heteroatoms. The van der Waals surface area contributed by atoms with Gasteiger partial charge >= 0.3 is 0 Å². The summed E-state index contributed by atoms with van der Waals surface area (Å²) in [5, 5.41) is 0.118. The molecule has 0 atom stereocenters. The van der Waals surface area contributed by atoms with Gasteiger partial charge in [0, 0.05) is 11.1 Å². The molecule has 0 saturated carbocycles. The zero-order valence-electron chi connectivity index (χ0n) is 11.2. The molecule has 2 nitrogen and oxygen atoms in total. The number of ketones is 1. The van der Waals surface area contributed by atoms with Crippen LogP contribution in [0.5, 0.6) is 5.75 Å². The first-order valence-corrected chi connectivity index (χ1v) is 6.64. The standard InChI is InChI=1S/C16H14ClFO2/c1-3-20-12-6-4-11(5-7-12)16(19)13-8-10(2)15(18)9-14(13)17/h4-9H,3H2,1-2H3. The molecule has 0 aliphatic carbocycles. The second kappa shape index (κ2) is 6.06. The van der Waals surface area contributed by atoms with Crippen LogP contribution in [0.15, 0.2) is 36.4 Å². The van der Waals surface area contributed by atoms with Crippen molar-refractivity contribution in [1.82, 2.24) is 0 Å². The molecule has 0 fully saturated rings. The molecular formula is C16H14ClFO2. The molecule has 2 aromatic rings. The topological polar surface area (TPSA) is 26.3 Å². The van der Waals surface area contributed by atoms with Crippen molar-refractivity contribution in [2.75, 3.05) is 6.61 Å². The van der Waals surface area contributed by atoms with Crippen molar-refractivity contribution < 1.29 is 13.9 Å². The second-order valence-electron chi connectivity index (χ2n) is 4.37. The van der Waals surface area contributed by atoms with E-state index in [2.05, 4.69) is 0 Å². The Hall–Kier alpha value is -1.87. The van der Waals surface area contributed by atoms with E-state index in [1.165, 1.54) is 12.1 Å². The summed E-state index contributed by atoms with van der Waals surface area (Å²) in [6.07, 6.45) is 0. The average Bonchev–Trinajstić information content (AvgIpc) is 2.43. The highest BCUT2D eigenvalue weighted by molar-refractivity contribution is 6.35. The Morgan fingerprint density at radius 2 is 1.90 bits per heavy atom. The largest absolute Gasteiger partial charge is 0.494 e. The quantitative estimate of drug-likeness (QED) is 0.780. The second-order valence-corrected chi connectivity index (χ2v) is 4.77. The molecule has 2 aromatic carbocycles. The summed E-state index contributed by atoms with van der Waals surface area (Å²) in [4.78, 5) is 12.4. The summed E-state index contributed by atoms with van der Waals surface area (Å²) >= 11 is 5.94. The smallest absolute Gasteiger partial charge is 0.194 e. The van der Waals surface area contributed by atoms with Crippen LogP contribution in [0, 0.1) is 12.7 Å². The van der Waals surface area contributed by atoms with Crippen LogP contribution in [0.1, 0.15) is 28.4 Å². The van der Waals surface area contributed by atoms with Crippen molar-refractivity contribution in [3.8, 4) is 5.75 Å². The van der Waals surface area contributed by atoms with E-state index in [-0.39, 0.29) is 10.8 Å². The number of halogens is 2. The lowest BCUT2D eigenvalue weighted by Gasteiger charge is -2.07. The summed E-state index contributed by atoms with van der Waals surface area (Å²) < 4.78 is 18.7. The molecule has 0 saturated heterocycles. The minimum atomic E-state index is -0.418. The Balaban J connectivity index is 2.33. The van der Waals surface area contributed by atoms with Gasteiger partial charge in [-0.3, -0.25) is 4.79 Å². The van der Waals surface area contributed by atoms with Gasteiger partial charge in [0.15, 0.2) is 5.78 Å². The lowest BCUT2D eigenvalue weighted by atomic mass is 10.0. The van der Waals surface area contributed by atoms with E-state index < -0.39 is 5.82 Å². The first-order valence-electron chi connectivity index (χ1n) is 6.26. The van der Waals surface area contributed by atoms with Gasteiger partial charge in [0.25, 0.3) is 0 Å². The van der Waals surface area contributed by atoms with E-state index in [1.807, 2.05) is 6.92 Å². The minimum absolute atomic E-state index is 0.118. The van der Waals surface area contributed by atoms with E-state index in [0.29, 0.717) is 29.0 Å². The van der Waals surface area contributed by atoms with E-state index in [9.17, 15) is 9.18 Å². The predicted molar refractivity (Wildman–Crippen MR) is 77.2 cm³/mol. The number of ether oxygens (including phenoxy) is 1. The van der Waals surface area contributed by atoms with Crippen LogP contribution in [0.3, 0.4) is 0 Å². The molecule has 0 aliphatic heterocycles. The van der Waals surface area contributed by atoms with E-state index in [4.69, 9.17) is 16.3 Å². The Bertz CT molecular complexity index is 636. The Labute approximate surface area is 122 Å². The highest BCUT2D eigenvalue weighted by Crippen LogP contribution is 2.24. The molecule has 0 aliphatic rings. The third kappa shape index (κ3) is 2.99. The van der Waals surface area contributed by atoms with Gasteiger partial charge in [-0.2, -0.15) is 0 Å². The normalized spacial score (nSPS) is 10.4. The fourth-order valence-electron chi connectivity index (χ4n) is 1.86. The lowest BCUT2D eigenvalue weighted by Crippen LogP contribution is -2.04. The number of carbonyl (C=O) groups is 1. The summed E-state index contributed by atoms with van der Waals surface area (Å²) in [6, 6.07) is 9.42. The van der Waals surface area contributed by atoms with Crippen LogP contribution in [0.2, 0.25) is 5.02 Å². The SMILES string of the molecule is CCOc1ccc(C(=O)c2cc(C)c(F)cc2Cl)cc1. The van der Waals surface area contributed by atoms with E-state index in [0.717, 1.165) is 0 Å². The summed E-state index contributed by atoms with van der Waals surface area (Å²) in [6.45, 7) is 4.05. The number of carbonyl (C=O) groups excluding carboxylic acids is 1. The molecule has 0 spiro atoms. The van der Waals surface area contributed by atoms with E-state index in [1.54, 1.807) is 31.2 Å². The number of benzene rings is 2. The maximum atomic E-state index is 13.4. The van der Waals surface area contributed by atoms with Gasteiger partial charge in [-0.25, -0.2) is 4.39 Å². The van der Waals surface area contributed by atoms with Gasteiger partial charge < -0.3 is 4.74 Å². The molecule has 0 unspecified atom stereocenters. The van der Waals surface area contributed by atoms with Crippen molar-refractivity contribution in [3.05, 3.63) is 63.9 Å². The van der Waals surface area contributed by atoms with E-state index >= 15 is 0 Å². The molecule has 20 heavy (non-hydrogen) atoms. The van der Waals surface area contributed by atoms with Crippen molar-refractivity contribution in [1.29, 1.82) is 0 Å². The van der Waals surface area contributed by atoms with Gasteiger partial charge in [0.2, 0.25) is 0 Å². The average molecular weight is 293 g/mol. The zero-order chi connectivity index (χ0) is 14.7. The van der Waals surface area contributed by atoms with Crippen LogP contribution in [0.25, 0.3) is 0 Å². The van der Waals surface area contributed by atoms with Crippen LogP contribution in [-0.4, -0.2) is 12.4 Å². The van der Waals surface area contributed by atoms with Gasteiger partial charge in [-0.15, -0.1) is 0 Å². The highest BCUT2D eigenvalue weighted by atomic mass is 35.5. The van der Waals surface area contributed by atoms with Crippen LogP contribution in [-0.2, 0) is 0 Å². The van der Waals surface area contributed by atoms with Gasteiger partial charge in [-0.05, 0) is 55.8 Å². The molecule has 0 bridgehead atoms. The van der Waals surface area contributed by atoms with Gasteiger partial charge in [0.05, 0.1) is 11.6 Å². The highest BCUT2D eigenvalue weighted by Gasteiger charge is 2.15. The maximum absolute atomic E-state index is 13.4. The molecule has 104 valence electrons. The number of aryl methyl sites for hydroxylation is 1. The number of rotatable bonds is 4. The predicted octanol–water partition coefficient (Wildman–Crippen LogP) is 4.42. The molecule has 0 aromatic heterocycles. The first kappa shape index (κ1) is 14.5. The monoisotopic (exact) mass is 292 g/mol. The third-order valence-corrected chi connectivity index (χ3v) is 3.23. The van der Waals surface area contributed by atoms with Crippen LogP contribution < -0.4 is 4.74 Å². The number of hydrogen-bond donors (Lipinski definition) is 0. The number of hydrogen-bond acceptors (Lipinski definition) is 2. The summed E-state index contributed by atoms with van der Waals surface area (Å²) in [7, 11) is 0. The summed E-state index contributed by atoms with van der Waals surface area (Å²) in [5.41, 5.74) is 1.18. The van der Waals surface area contributed by atoms with Gasteiger partial charge in [-0.1, -0.05) is 11.6 Å². The molecule has 0 amide bonds.